The van der Waals surface area contributed by atoms with Gasteiger partial charge in [0.1, 0.15) is 0 Å². The van der Waals surface area contributed by atoms with Crippen molar-refractivity contribution in [3.8, 4) is 0 Å². The highest BCUT2D eigenvalue weighted by atomic mass is 16.5. The van der Waals surface area contributed by atoms with Gasteiger partial charge in [0, 0.05) is 37.3 Å². The smallest absolute Gasteiger partial charge is 0.225 e. The number of amides is 1. The van der Waals surface area contributed by atoms with Crippen molar-refractivity contribution in [1.29, 1.82) is 0 Å². The van der Waals surface area contributed by atoms with Gasteiger partial charge in [-0.25, -0.2) is 0 Å². The second-order valence-corrected chi connectivity index (χ2v) is 7.51. The number of nitrogens with zero attached hydrogens (tertiary/aromatic N) is 2. The van der Waals surface area contributed by atoms with Crippen LogP contribution in [0.5, 0.6) is 0 Å². The second kappa shape index (κ2) is 8.00. The minimum atomic E-state index is 0.179. The Bertz CT molecular complexity index is 715. The molecule has 136 valence electrons. The van der Waals surface area contributed by atoms with E-state index in [1.165, 1.54) is 5.56 Å². The van der Waals surface area contributed by atoms with E-state index < -0.39 is 0 Å². The predicted molar refractivity (Wildman–Crippen MR) is 100 cm³/mol. The average molecular weight is 350 g/mol. The third kappa shape index (κ3) is 4.31. The number of likely N-dealkylation sites (tertiary alicyclic amines) is 1. The molecule has 4 rings (SSSR count). The minimum absolute atomic E-state index is 0.179. The van der Waals surface area contributed by atoms with Crippen LogP contribution in [0.15, 0.2) is 54.9 Å². The van der Waals surface area contributed by atoms with Gasteiger partial charge in [-0.15, -0.1) is 0 Å². The van der Waals surface area contributed by atoms with Crippen LogP contribution >= 0.6 is 0 Å². The number of ether oxygens (including phenoxy) is 1. The van der Waals surface area contributed by atoms with E-state index >= 15 is 0 Å². The molecule has 0 spiro atoms. The number of pyridine rings is 1. The molecule has 1 saturated heterocycles. The Labute approximate surface area is 155 Å². The van der Waals surface area contributed by atoms with Crippen molar-refractivity contribution in [2.75, 3.05) is 13.1 Å². The maximum Gasteiger partial charge on any atom is 0.225 e. The highest BCUT2D eigenvalue weighted by Gasteiger charge is 2.38. The molecular weight excluding hydrogens is 324 g/mol. The summed E-state index contributed by atoms with van der Waals surface area (Å²) in [5, 5.41) is 0. The standard InChI is InChI=1S/C22H26N2O2/c25-22(19-8-9-19)24-12-10-21(26-16-18-7-4-11-23-14-18)20(15-24)13-17-5-2-1-3-6-17/h1-7,11,14,19-21H,8-10,12-13,15-16H2/t20-,21-/m1/s1. The van der Waals surface area contributed by atoms with Crippen LogP contribution in [0.1, 0.15) is 30.4 Å². The lowest BCUT2D eigenvalue weighted by Gasteiger charge is -2.39. The second-order valence-electron chi connectivity index (χ2n) is 7.51. The summed E-state index contributed by atoms with van der Waals surface area (Å²) >= 11 is 0. The summed E-state index contributed by atoms with van der Waals surface area (Å²) in [6.45, 7) is 2.21. The topological polar surface area (TPSA) is 42.4 Å². The molecule has 2 aliphatic rings. The lowest BCUT2D eigenvalue weighted by molar-refractivity contribution is -0.138. The Balaban J connectivity index is 1.43. The number of piperidine rings is 1. The maximum atomic E-state index is 12.5. The quantitative estimate of drug-likeness (QED) is 0.801. The van der Waals surface area contributed by atoms with Gasteiger partial charge >= 0.3 is 0 Å². The van der Waals surface area contributed by atoms with E-state index in [0.29, 0.717) is 24.3 Å². The molecule has 1 saturated carbocycles. The van der Waals surface area contributed by atoms with Crippen LogP contribution < -0.4 is 0 Å². The van der Waals surface area contributed by atoms with Crippen LogP contribution in [0.4, 0.5) is 0 Å². The van der Waals surface area contributed by atoms with Gasteiger partial charge in [-0.1, -0.05) is 36.4 Å². The van der Waals surface area contributed by atoms with Crippen LogP contribution in [0.25, 0.3) is 0 Å². The van der Waals surface area contributed by atoms with Crippen LogP contribution in [0.3, 0.4) is 0 Å². The Hall–Kier alpha value is -2.20. The van der Waals surface area contributed by atoms with Gasteiger partial charge in [0.05, 0.1) is 12.7 Å². The van der Waals surface area contributed by atoms with Crippen molar-refractivity contribution >= 4 is 5.91 Å². The molecule has 1 aromatic heterocycles. The molecule has 26 heavy (non-hydrogen) atoms. The molecule has 1 amide bonds. The molecule has 1 aliphatic carbocycles. The van der Waals surface area contributed by atoms with E-state index in [-0.39, 0.29) is 6.10 Å². The molecule has 2 heterocycles. The average Bonchev–Trinajstić information content (AvgIpc) is 3.53. The van der Waals surface area contributed by atoms with E-state index in [0.717, 1.165) is 44.3 Å². The van der Waals surface area contributed by atoms with Crippen LogP contribution in [-0.4, -0.2) is 35.0 Å². The van der Waals surface area contributed by atoms with E-state index in [2.05, 4.69) is 34.1 Å². The fraction of sp³-hybridized carbons (Fsp3) is 0.455. The van der Waals surface area contributed by atoms with Crippen molar-refractivity contribution < 1.29 is 9.53 Å². The number of rotatable bonds is 6. The Kier molecular flexibility index (Phi) is 5.30. The number of carbonyl (C=O) groups excluding carboxylic acids is 1. The van der Waals surface area contributed by atoms with E-state index in [1.807, 2.05) is 24.4 Å². The maximum absolute atomic E-state index is 12.5. The highest BCUT2D eigenvalue weighted by molar-refractivity contribution is 5.81. The lowest BCUT2D eigenvalue weighted by Crippen LogP contribution is -2.48. The molecule has 2 fully saturated rings. The summed E-state index contributed by atoms with van der Waals surface area (Å²) in [6, 6.07) is 14.5. The van der Waals surface area contributed by atoms with Crippen molar-refractivity contribution in [2.45, 2.75) is 38.4 Å². The third-order valence-electron chi connectivity index (χ3n) is 5.43. The van der Waals surface area contributed by atoms with Crippen LogP contribution in [-0.2, 0) is 22.6 Å². The summed E-state index contributed by atoms with van der Waals surface area (Å²) in [5.41, 5.74) is 2.41. The van der Waals surface area contributed by atoms with Crippen molar-refractivity contribution in [1.82, 2.24) is 9.88 Å². The molecule has 1 aromatic carbocycles. The molecule has 2 aromatic rings. The zero-order valence-corrected chi connectivity index (χ0v) is 15.1. The molecule has 2 atom stereocenters. The SMILES string of the molecule is O=C(C1CC1)N1CC[C@@H](OCc2cccnc2)[C@H](Cc2ccccc2)C1. The number of aromatic nitrogens is 1. The molecule has 0 bridgehead atoms. The largest absolute Gasteiger partial charge is 0.373 e. The Morgan fingerprint density at radius 1 is 1.08 bits per heavy atom. The zero-order valence-electron chi connectivity index (χ0n) is 15.1. The fourth-order valence-corrected chi connectivity index (χ4v) is 3.82. The first-order chi connectivity index (χ1) is 12.8. The normalized spacial score (nSPS) is 23.0. The molecular formula is C22H26N2O2. The lowest BCUT2D eigenvalue weighted by atomic mass is 9.88. The Morgan fingerprint density at radius 3 is 2.62 bits per heavy atom. The van der Waals surface area contributed by atoms with Gasteiger partial charge in [-0.3, -0.25) is 9.78 Å². The van der Waals surface area contributed by atoms with Crippen molar-refractivity contribution in [3.63, 3.8) is 0 Å². The van der Waals surface area contributed by atoms with Crippen molar-refractivity contribution in [3.05, 3.63) is 66.0 Å². The highest BCUT2D eigenvalue weighted by Crippen LogP contribution is 2.33. The number of carbonyl (C=O) groups is 1. The van der Waals surface area contributed by atoms with Gasteiger partial charge < -0.3 is 9.64 Å². The van der Waals surface area contributed by atoms with Gasteiger partial charge in [-0.2, -0.15) is 0 Å². The molecule has 0 unspecified atom stereocenters. The summed E-state index contributed by atoms with van der Waals surface area (Å²) in [7, 11) is 0. The molecule has 1 aliphatic heterocycles. The van der Waals surface area contributed by atoms with Gasteiger partial charge in [0.25, 0.3) is 0 Å². The van der Waals surface area contributed by atoms with E-state index in [4.69, 9.17) is 4.74 Å². The zero-order chi connectivity index (χ0) is 17.8. The Morgan fingerprint density at radius 2 is 1.88 bits per heavy atom. The van der Waals surface area contributed by atoms with E-state index in [1.54, 1.807) is 6.20 Å². The molecule has 4 heteroatoms. The predicted octanol–water partition coefficient (Wildman–Crippen LogP) is 3.47. The first kappa shape index (κ1) is 17.2. The molecule has 0 N–H and O–H groups in total. The number of benzene rings is 1. The fourth-order valence-electron chi connectivity index (χ4n) is 3.82. The summed E-state index contributed by atoms with van der Waals surface area (Å²) in [6.07, 6.45) is 7.82. The van der Waals surface area contributed by atoms with Gasteiger partial charge in [-0.05, 0) is 42.9 Å². The summed E-state index contributed by atoms with van der Waals surface area (Å²) in [5.74, 6) is 0.986. The molecule has 0 radical (unpaired) electrons. The monoisotopic (exact) mass is 350 g/mol. The van der Waals surface area contributed by atoms with Gasteiger partial charge in [0.15, 0.2) is 0 Å². The van der Waals surface area contributed by atoms with E-state index in [9.17, 15) is 4.79 Å². The van der Waals surface area contributed by atoms with Crippen LogP contribution in [0.2, 0.25) is 0 Å². The summed E-state index contributed by atoms with van der Waals surface area (Å²) in [4.78, 5) is 18.8. The number of hydrogen-bond acceptors (Lipinski definition) is 3. The first-order valence-electron chi connectivity index (χ1n) is 9.63. The minimum Gasteiger partial charge on any atom is -0.373 e. The first-order valence-corrected chi connectivity index (χ1v) is 9.63. The van der Waals surface area contributed by atoms with Gasteiger partial charge in [0.2, 0.25) is 5.91 Å². The number of hydrogen-bond donors (Lipinski definition) is 0. The van der Waals surface area contributed by atoms with Crippen molar-refractivity contribution in [2.24, 2.45) is 11.8 Å². The third-order valence-corrected chi connectivity index (χ3v) is 5.43. The molecule has 4 nitrogen and oxygen atoms in total. The summed E-state index contributed by atoms with van der Waals surface area (Å²) < 4.78 is 6.28. The van der Waals surface area contributed by atoms with Crippen LogP contribution in [0, 0.1) is 11.8 Å².